The lowest BCUT2D eigenvalue weighted by Gasteiger charge is -2.25. The third-order valence-corrected chi connectivity index (χ3v) is 8.59. The van der Waals surface area contributed by atoms with Crippen LogP contribution in [0.1, 0.15) is 69.8 Å². The van der Waals surface area contributed by atoms with Crippen LogP contribution in [0.25, 0.3) is 0 Å². The largest absolute Gasteiger partial charge is 0.300 e. The molecule has 2 amide bonds. The standard InChI is InChI=1S/C28H24N8O2S2/c29-15-19-6-1-4-17(10-19)12-23(37)31-27-35-33-25(39-27)21-8-3-9-22(14-21)26-34-36-28(40-26)32-24(38)13-18-5-2-7-20(11-18)16-30/h1-2,4-7,10-11,21-22H,3,8-9,12-14H2,(H,31,35,37)(H,32,36,38). The van der Waals surface area contributed by atoms with E-state index in [9.17, 15) is 9.59 Å². The maximum absolute atomic E-state index is 12.5. The fraction of sp³-hybridized carbons (Fsp3) is 0.286. The van der Waals surface area contributed by atoms with Crippen molar-refractivity contribution in [3.63, 3.8) is 0 Å². The Hall–Kier alpha value is -4.52. The number of hydrogen-bond acceptors (Lipinski definition) is 10. The number of rotatable bonds is 8. The minimum atomic E-state index is -0.208. The summed E-state index contributed by atoms with van der Waals surface area (Å²) in [5, 5.41) is 43.5. The second-order valence-electron chi connectivity index (χ2n) is 9.53. The van der Waals surface area contributed by atoms with Gasteiger partial charge in [-0.05, 0) is 54.7 Å². The maximum Gasteiger partial charge on any atom is 0.230 e. The first-order chi connectivity index (χ1) is 19.5. The monoisotopic (exact) mass is 568 g/mol. The van der Waals surface area contributed by atoms with Crippen molar-refractivity contribution in [3.05, 3.63) is 80.8 Å². The number of aromatic nitrogens is 4. The number of carbonyl (C=O) groups is 2. The second kappa shape index (κ2) is 12.6. The van der Waals surface area contributed by atoms with Gasteiger partial charge in [0.15, 0.2) is 0 Å². The number of carbonyl (C=O) groups excluding carboxylic acids is 2. The van der Waals surface area contributed by atoms with Crippen LogP contribution in [-0.2, 0) is 22.4 Å². The lowest BCUT2D eigenvalue weighted by Crippen LogP contribution is -2.14. The molecule has 2 unspecified atom stereocenters. The van der Waals surface area contributed by atoms with E-state index in [-0.39, 0.29) is 36.5 Å². The quantitative estimate of drug-likeness (QED) is 0.303. The number of amides is 2. The Bertz CT molecular complexity index is 1500. The minimum absolute atomic E-state index is 0.151. The van der Waals surface area contributed by atoms with Gasteiger partial charge in [0.2, 0.25) is 22.1 Å². The lowest BCUT2D eigenvalue weighted by atomic mass is 9.82. The zero-order valence-corrected chi connectivity index (χ0v) is 23.0. The van der Waals surface area contributed by atoms with Crippen molar-refractivity contribution < 1.29 is 9.59 Å². The fourth-order valence-corrected chi connectivity index (χ4v) is 6.55. The zero-order chi connectivity index (χ0) is 27.9. The third-order valence-electron chi connectivity index (χ3n) is 6.59. The van der Waals surface area contributed by atoms with Crippen LogP contribution in [0, 0.1) is 22.7 Å². The number of nitrogens with zero attached hydrogens (tertiary/aromatic N) is 6. The van der Waals surface area contributed by atoms with Crippen molar-refractivity contribution in [1.29, 1.82) is 10.5 Å². The Balaban J connectivity index is 1.15. The van der Waals surface area contributed by atoms with Gasteiger partial charge in [-0.15, -0.1) is 20.4 Å². The van der Waals surface area contributed by atoms with Gasteiger partial charge in [-0.2, -0.15) is 10.5 Å². The van der Waals surface area contributed by atoms with Gasteiger partial charge < -0.3 is 10.6 Å². The first-order valence-corrected chi connectivity index (χ1v) is 14.4. The molecule has 0 radical (unpaired) electrons. The van der Waals surface area contributed by atoms with Crippen LogP contribution in [0.2, 0.25) is 0 Å². The molecule has 1 saturated carbocycles. The number of hydrogen-bond donors (Lipinski definition) is 2. The molecule has 1 aliphatic carbocycles. The van der Waals surface area contributed by atoms with E-state index < -0.39 is 0 Å². The topological polar surface area (TPSA) is 157 Å². The maximum atomic E-state index is 12.5. The normalized spacial score (nSPS) is 16.4. The summed E-state index contributed by atoms with van der Waals surface area (Å²) in [6, 6.07) is 18.1. The van der Waals surface area contributed by atoms with E-state index in [0.29, 0.717) is 21.4 Å². The van der Waals surface area contributed by atoms with Gasteiger partial charge in [-0.1, -0.05) is 53.4 Å². The summed E-state index contributed by atoms with van der Waals surface area (Å²) in [5.74, 6) is -0.0202. The van der Waals surface area contributed by atoms with E-state index in [0.717, 1.165) is 46.8 Å². The molecule has 10 nitrogen and oxygen atoms in total. The Morgan fingerprint density at radius 3 is 1.70 bits per heavy atom. The number of anilines is 2. The minimum Gasteiger partial charge on any atom is -0.300 e. The molecule has 0 saturated heterocycles. The summed E-state index contributed by atoms with van der Waals surface area (Å²) < 4.78 is 0. The van der Waals surface area contributed by atoms with E-state index in [1.54, 1.807) is 36.4 Å². The van der Waals surface area contributed by atoms with Crippen LogP contribution in [0.15, 0.2) is 48.5 Å². The van der Waals surface area contributed by atoms with Gasteiger partial charge in [0, 0.05) is 11.8 Å². The molecule has 4 aromatic rings. The highest BCUT2D eigenvalue weighted by Crippen LogP contribution is 2.43. The molecular formula is C28H24N8O2S2. The molecule has 1 fully saturated rings. The highest BCUT2D eigenvalue weighted by molar-refractivity contribution is 7.15. The molecular weight excluding hydrogens is 544 g/mol. The van der Waals surface area contributed by atoms with Crippen molar-refractivity contribution in [3.8, 4) is 12.1 Å². The molecule has 2 aromatic carbocycles. The van der Waals surface area contributed by atoms with E-state index in [1.165, 1.54) is 22.7 Å². The van der Waals surface area contributed by atoms with Gasteiger partial charge in [0.1, 0.15) is 10.0 Å². The molecule has 200 valence electrons. The van der Waals surface area contributed by atoms with Gasteiger partial charge in [0.25, 0.3) is 0 Å². The summed E-state index contributed by atoms with van der Waals surface area (Å²) in [4.78, 5) is 25.0. The van der Waals surface area contributed by atoms with Crippen molar-refractivity contribution in [2.45, 2.75) is 50.4 Å². The molecule has 0 spiro atoms. The summed E-state index contributed by atoms with van der Waals surface area (Å²) in [7, 11) is 0. The molecule has 0 aliphatic heterocycles. The molecule has 1 aliphatic rings. The molecule has 5 rings (SSSR count). The van der Waals surface area contributed by atoms with E-state index >= 15 is 0 Å². The molecule has 40 heavy (non-hydrogen) atoms. The predicted molar refractivity (Wildman–Crippen MR) is 151 cm³/mol. The summed E-state index contributed by atoms with van der Waals surface area (Å²) in [6.45, 7) is 0. The van der Waals surface area contributed by atoms with E-state index in [4.69, 9.17) is 10.5 Å². The molecule has 2 aromatic heterocycles. The Morgan fingerprint density at radius 2 is 1.25 bits per heavy atom. The first kappa shape index (κ1) is 27.1. The highest BCUT2D eigenvalue weighted by atomic mass is 32.1. The SMILES string of the molecule is N#Cc1cccc(CC(=O)Nc2nnc(C3CCCC(c4nnc(NC(=O)Cc5cccc(C#N)c5)s4)C3)s2)c1. The Labute approximate surface area is 238 Å². The van der Waals surface area contributed by atoms with Gasteiger partial charge >= 0.3 is 0 Å². The van der Waals surface area contributed by atoms with E-state index in [2.05, 4.69) is 43.2 Å². The van der Waals surface area contributed by atoms with Crippen LogP contribution in [0.3, 0.4) is 0 Å². The Kier molecular flexibility index (Phi) is 8.50. The zero-order valence-electron chi connectivity index (χ0n) is 21.3. The molecule has 2 N–H and O–H groups in total. The lowest BCUT2D eigenvalue weighted by molar-refractivity contribution is -0.116. The van der Waals surface area contributed by atoms with Crippen LogP contribution in [0.5, 0.6) is 0 Å². The van der Waals surface area contributed by atoms with Gasteiger partial charge in [-0.25, -0.2) is 0 Å². The van der Waals surface area contributed by atoms with Crippen molar-refractivity contribution in [1.82, 2.24) is 20.4 Å². The molecule has 0 bridgehead atoms. The number of benzene rings is 2. The van der Waals surface area contributed by atoms with Crippen LogP contribution >= 0.6 is 22.7 Å². The third kappa shape index (κ3) is 6.91. The highest BCUT2D eigenvalue weighted by Gasteiger charge is 2.29. The number of nitriles is 2. The number of nitrogens with one attached hydrogen (secondary N) is 2. The van der Waals surface area contributed by atoms with Crippen LogP contribution < -0.4 is 10.6 Å². The van der Waals surface area contributed by atoms with Crippen molar-refractivity contribution in [2.75, 3.05) is 10.6 Å². The van der Waals surface area contributed by atoms with Crippen LogP contribution in [0.4, 0.5) is 10.3 Å². The Morgan fingerprint density at radius 1 is 0.775 bits per heavy atom. The van der Waals surface area contributed by atoms with Crippen molar-refractivity contribution >= 4 is 44.8 Å². The summed E-state index contributed by atoms with van der Waals surface area (Å²) >= 11 is 2.77. The predicted octanol–water partition coefficient (Wildman–Crippen LogP) is 4.94. The van der Waals surface area contributed by atoms with E-state index in [1.807, 2.05) is 12.1 Å². The van der Waals surface area contributed by atoms with Crippen LogP contribution in [-0.4, -0.2) is 32.2 Å². The molecule has 12 heteroatoms. The summed E-state index contributed by atoms with van der Waals surface area (Å²) in [6.07, 6.45) is 4.10. The fourth-order valence-electron chi connectivity index (χ4n) is 4.74. The molecule has 2 heterocycles. The average molecular weight is 569 g/mol. The average Bonchev–Trinajstić information content (AvgIpc) is 3.63. The smallest absolute Gasteiger partial charge is 0.230 e. The molecule has 2 atom stereocenters. The summed E-state index contributed by atoms with van der Waals surface area (Å²) in [5.41, 5.74) is 2.56. The first-order valence-electron chi connectivity index (χ1n) is 12.7. The second-order valence-corrected chi connectivity index (χ2v) is 11.5. The van der Waals surface area contributed by atoms with Gasteiger partial charge in [0.05, 0.1) is 36.1 Å². The van der Waals surface area contributed by atoms with Gasteiger partial charge in [-0.3, -0.25) is 9.59 Å². The van der Waals surface area contributed by atoms with Crippen molar-refractivity contribution in [2.24, 2.45) is 0 Å².